The molecule has 0 saturated heterocycles. The highest BCUT2D eigenvalue weighted by Crippen LogP contribution is 1.98. The Hall–Kier alpha value is -1.31. The Morgan fingerprint density at radius 1 is 1.54 bits per heavy atom. The van der Waals surface area contributed by atoms with Gasteiger partial charge in [-0.2, -0.15) is 0 Å². The lowest BCUT2D eigenvalue weighted by Gasteiger charge is -1.89. The molecular weight excluding hydrogens is 164 g/mol. The number of aliphatic carboxylic acids is 1. The summed E-state index contributed by atoms with van der Waals surface area (Å²) < 4.78 is 0. The number of rotatable bonds is 6. The maximum absolute atomic E-state index is 10.1. The summed E-state index contributed by atoms with van der Waals surface area (Å²) >= 11 is 0. The van der Waals surface area contributed by atoms with Gasteiger partial charge >= 0.3 is 5.97 Å². The van der Waals surface area contributed by atoms with Crippen LogP contribution in [0.3, 0.4) is 0 Å². The zero-order valence-corrected chi connectivity index (χ0v) is 7.99. The van der Waals surface area contributed by atoms with Crippen molar-refractivity contribution in [2.45, 2.75) is 26.2 Å². The molecule has 0 aromatic carbocycles. The van der Waals surface area contributed by atoms with Gasteiger partial charge in [-0.25, -0.2) is 0 Å². The van der Waals surface area contributed by atoms with Crippen molar-refractivity contribution in [3.63, 3.8) is 0 Å². The second kappa shape index (κ2) is 7.35. The van der Waals surface area contributed by atoms with Crippen LogP contribution in [0.1, 0.15) is 26.2 Å². The van der Waals surface area contributed by atoms with Crippen LogP contribution in [0.4, 0.5) is 0 Å². The maximum atomic E-state index is 10.1. The molecule has 0 aromatic rings. The van der Waals surface area contributed by atoms with Gasteiger partial charge in [0.25, 0.3) is 0 Å². The number of carbonyl (C=O) groups is 1. The summed E-state index contributed by atoms with van der Waals surface area (Å²) in [5.74, 6) is -0.730. The van der Waals surface area contributed by atoms with E-state index >= 15 is 0 Å². The smallest absolute Gasteiger partial charge is 0.303 e. The van der Waals surface area contributed by atoms with Crippen molar-refractivity contribution in [1.29, 1.82) is 0 Å². The molecule has 2 heteroatoms. The minimum Gasteiger partial charge on any atom is -0.481 e. The number of hydrogen-bond donors (Lipinski definition) is 1. The number of carboxylic acids is 1. The standard InChI is InChI=1S/C11H16O2/c1-3-10(2)8-6-4-5-7-9-11(12)13/h3-4,6,8H,1,5,7,9H2,2H3,(H,12,13)/b6-4-,10-8-. The summed E-state index contributed by atoms with van der Waals surface area (Å²) in [7, 11) is 0. The topological polar surface area (TPSA) is 37.3 Å². The van der Waals surface area contributed by atoms with E-state index in [1.54, 1.807) is 6.08 Å². The molecule has 0 aliphatic carbocycles. The second-order valence-electron chi connectivity index (χ2n) is 2.83. The van der Waals surface area contributed by atoms with E-state index in [-0.39, 0.29) is 6.42 Å². The zero-order valence-electron chi connectivity index (χ0n) is 7.99. The van der Waals surface area contributed by atoms with Crippen molar-refractivity contribution in [3.8, 4) is 0 Å². The number of carboxylic acid groups (broad SMARTS) is 1. The molecule has 0 aromatic heterocycles. The van der Waals surface area contributed by atoms with Gasteiger partial charge < -0.3 is 5.11 Å². The van der Waals surface area contributed by atoms with E-state index in [2.05, 4.69) is 6.58 Å². The highest BCUT2D eigenvalue weighted by Gasteiger charge is 1.92. The van der Waals surface area contributed by atoms with E-state index < -0.39 is 5.97 Å². The Labute approximate surface area is 79.3 Å². The van der Waals surface area contributed by atoms with E-state index in [0.29, 0.717) is 6.42 Å². The van der Waals surface area contributed by atoms with Crippen LogP contribution < -0.4 is 0 Å². The van der Waals surface area contributed by atoms with Crippen molar-refractivity contribution in [1.82, 2.24) is 0 Å². The van der Waals surface area contributed by atoms with Crippen LogP contribution in [0.15, 0.2) is 36.5 Å². The van der Waals surface area contributed by atoms with Crippen LogP contribution in [0.5, 0.6) is 0 Å². The predicted octanol–water partition coefficient (Wildman–Crippen LogP) is 2.93. The van der Waals surface area contributed by atoms with E-state index in [0.717, 1.165) is 12.0 Å². The lowest BCUT2D eigenvalue weighted by atomic mass is 10.2. The van der Waals surface area contributed by atoms with Gasteiger partial charge in [0.15, 0.2) is 0 Å². The van der Waals surface area contributed by atoms with E-state index in [9.17, 15) is 4.79 Å². The average molecular weight is 180 g/mol. The highest BCUT2D eigenvalue weighted by atomic mass is 16.4. The fourth-order valence-corrected chi connectivity index (χ4v) is 0.755. The highest BCUT2D eigenvalue weighted by molar-refractivity contribution is 5.66. The molecule has 2 nitrogen and oxygen atoms in total. The fourth-order valence-electron chi connectivity index (χ4n) is 0.755. The normalized spacial score (nSPS) is 11.9. The molecule has 0 atom stereocenters. The molecule has 0 aliphatic heterocycles. The summed E-state index contributed by atoms with van der Waals surface area (Å²) in [6, 6.07) is 0. The monoisotopic (exact) mass is 180 g/mol. The zero-order chi connectivity index (χ0) is 10.1. The molecular formula is C11H16O2. The lowest BCUT2D eigenvalue weighted by molar-refractivity contribution is -0.137. The molecule has 0 rings (SSSR count). The van der Waals surface area contributed by atoms with Crippen molar-refractivity contribution in [2.24, 2.45) is 0 Å². The molecule has 0 spiro atoms. The third-order valence-electron chi connectivity index (χ3n) is 1.58. The third kappa shape index (κ3) is 8.60. The first-order valence-electron chi connectivity index (χ1n) is 4.34. The van der Waals surface area contributed by atoms with Crippen LogP contribution in [-0.2, 0) is 4.79 Å². The van der Waals surface area contributed by atoms with E-state index in [1.165, 1.54) is 0 Å². The number of hydrogen-bond acceptors (Lipinski definition) is 1. The number of unbranched alkanes of at least 4 members (excludes halogenated alkanes) is 1. The van der Waals surface area contributed by atoms with Crippen molar-refractivity contribution < 1.29 is 9.90 Å². The first-order valence-corrected chi connectivity index (χ1v) is 4.34. The van der Waals surface area contributed by atoms with Crippen molar-refractivity contribution in [2.75, 3.05) is 0 Å². The molecule has 0 radical (unpaired) electrons. The van der Waals surface area contributed by atoms with E-state index in [4.69, 9.17) is 5.11 Å². The van der Waals surface area contributed by atoms with Gasteiger partial charge in [-0.15, -0.1) is 0 Å². The van der Waals surface area contributed by atoms with Gasteiger partial charge in [-0.3, -0.25) is 4.79 Å². The molecule has 0 bridgehead atoms. The van der Waals surface area contributed by atoms with Gasteiger partial charge in [0.05, 0.1) is 0 Å². The predicted molar refractivity (Wildman–Crippen MR) is 54.6 cm³/mol. The number of allylic oxidation sites excluding steroid dienone is 5. The van der Waals surface area contributed by atoms with E-state index in [1.807, 2.05) is 25.2 Å². The largest absolute Gasteiger partial charge is 0.481 e. The van der Waals surface area contributed by atoms with Gasteiger partial charge in [0.1, 0.15) is 0 Å². The fraction of sp³-hybridized carbons (Fsp3) is 0.364. The summed E-state index contributed by atoms with van der Waals surface area (Å²) in [5, 5.41) is 8.35. The Kier molecular flexibility index (Phi) is 6.60. The molecule has 1 N–H and O–H groups in total. The van der Waals surface area contributed by atoms with Gasteiger partial charge in [-0.1, -0.05) is 36.5 Å². The summed E-state index contributed by atoms with van der Waals surface area (Å²) in [6.07, 6.45) is 9.39. The first kappa shape index (κ1) is 11.7. The molecule has 13 heavy (non-hydrogen) atoms. The molecule has 0 saturated carbocycles. The minimum absolute atomic E-state index is 0.245. The van der Waals surface area contributed by atoms with Gasteiger partial charge in [-0.05, 0) is 19.8 Å². The van der Waals surface area contributed by atoms with Crippen molar-refractivity contribution in [3.05, 3.63) is 36.5 Å². The summed E-state index contributed by atoms with van der Waals surface area (Å²) in [4.78, 5) is 10.1. The summed E-state index contributed by atoms with van der Waals surface area (Å²) in [5.41, 5.74) is 1.11. The van der Waals surface area contributed by atoms with Crippen LogP contribution in [0.25, 0.3) is 0 Å². The Balaban J connectivity index is 3.53. The van der Waals surface area contributed by atoms with Crippen LogP contribution in [0.2, 0.25) is 0 Å². The first-order chi connectivity index (χ1) is 6.16. The Morgan fingerprint density at radius 2 is 2.23 bits per heavy atom. The SMILES string of the molecule is C=C/C(C)=C\C=C/CCCC(=O)O. The van der Waals surface area contributed by atoms with Gasteiger partial charge in [0.2, 0.25) is 0 Å². The quantitative estimate of drug-likeness (QED) is 0.504. The second-order valence-corrected chi connectivity index (χ2v) is 2.83. The molecule has 0 fully saturated rings. The molecule has 0 heterocycles. The molecule has 0 unspecified atom stereocenters. The molecule has 0 amide bonds. The lowest BCUT2D eigenvalue weighted by Crippen LogP contribution is -1.92. The molecule has 0 aliphatic rings. The Morgan fingerprint density at radius 3 is 2.77 bits per heavy atom. The van der Waals surface area contributed by atoms with Crippen molar-refractivity contribution >= 4 is 5.97 Å². The van der Waals surface area contributed by atoms with Gasteiger partial charge in [0, 0.05) is 6.42 Å². The minimum atomic E-state index is -0.730. The third-order valence-corrected chi connectivity index (χ3v) is 1.58. The average Bonchev–Trinajstić information content (AvgIpc) is 2.10. The van der Waals surface area contributed by atoms with Crippen LogP contribution in [0, 0.1) is 0 Å². The molecule has 72 valence electrons. The van der Waals surface area contributed by atoms with Crippen LogP contribution in [-0.4, -0.2) is 11.1 Å². The maximum Gasteiger partial charge on any atom is 0.303 e. The Bertz CT molecular complexity index is 224. The van der Waals surface area contributed by atoms with Crippen LogP contribution >= 0.6 is 0 Å². The summed E-state index contributed by atoms with van der Waals surface area (Å²) in [6.45, 7) is 5.59.